The fraction of sp³-hybridized carbons (Fsp3) is 0.409. The van der Waals surface area contributed by atoms with Gasteiger partial charge in [0.15, 0.2) is 0 Å². The van der Waals surface area contributed by atoms with Gasteiger partial charge in [-0.25, -0.2) is 0 Å². The summed E-state index contributed by atoms with van der Waals surface area (Å²) in [4.78, 5) is 14.7. The number of halogens is 2. The molecular formula is C22H26F2N2O4. The van der Waals surface area contributed by atoms with E-state index in [0.29, 0.717) is 31.6 Å². The number of carbonyl (C=O) groups is 1. The van der Waals surface area contributed by atoms with Crippen molar-refractivity contribution in [2.24, 2.45) is 0 Å². The van der Waals surface area contributed by atoms with E-state index in [0.717, 1.165) is 18.4 Å². The minimum Gasteiger partial charge on any atom is -0.508 e. The second-order valence-corrected chi connectivity index (χ2v) is 7.24. The van der Waals surface area contributed by atoms with E-state index in [1.807, 2.05) is 6.07 Å². The molecular weight excluding hydrogens is 394 g/mol. The summed E-state index contributed by atoms with van der Waals surface area (Å²) in [5.74, 6) is -0.0436. The maximum atomic E-state index is 13.0. The summed E-state index contributed by atoms with van der Waals surface area (Å²) in [5, 5.41) is 23.9. The molecule has 0 unspecified atom stereocenters. The third kappa shape index (κ3) is 5.67. The van der Waals surface area contributed by atoms with Gasteiger partial charge in [0.1, 0.15) is 23.6 Å². The Balaban J connectivity index is 1.71. The van der Waals surface area contributed by atoms with Crippen LogP contribution in [0.15, 0.2) is 48.5 Å². The average Bonchev–Trinajstić information content (AvgIpc) is 3.27. The normalized spacial score (nSPS) is 15.9. The van der Waals surface area contributed by atoms with E-state index in [4.69, 9.17) is 0 Å². The summed E-state index contributed by atoms with van der Waals surface area (Å²) in [6.45, 7) is -1.28. The molecule has 6 nitrogen and oxygen atoms in total. The average molecular weight is 420 g/mol. The number of nitrogens with zero attached hydrogens (tertiary/aromatic N) is 1. The number of ether oxygens (including phenoxy) is 1. The maximum absolute atomic E-state index is 13.0. The van der Waals surface area contributed by atoms with Gasteiger partial charge in [0, 0.05) is 19.6 Å². The van der Waals surface area contributed by atoms with Crippen LogP contribution in [-0.2, 0) is 11.2 Å². The first-order chi connectivity index (χ1) is 14.5. The lowest BCUT2D eigenvalue weighted by molar-refractivity contribution is -0.135. The summed E-state index contributed by atoms with van der Waals surface area (Å²) in [6.07, 6.45) is 1.16. The number of phenolic OH excluding ortho intramolecular Hbond substituents is 1. The number of aromatic hydroxyl groups is 1. The highest BCUT2D eigenvalue weighted by Crippen LogP contribution is 2.24. The van der Waals surface area contributed by atoms with E-state index in [1.54, 1.807) is 23.1 Å². The molecule has 1 saturated heterocycles. The molecule has 0 aliphatic carbocycles. The van der Waals surface area contributed by atoms with E-state index in [-0.39, 0.29) is 17.4 Å². The van der Waals surface area contributed by atoms with Crippen LogP contribution in [0.4, 0.5) is 8.78 Å². The number of aliphatic hydroxyl groups excluding tert-OH is 1. The molecule has 1 amide bonds. The Morgan fingerprint density at radius 2 is 1.77 bits per heavy atom. The largest absolute Gasteiger partial charge is 0.508 e. The first-order valence-electron chi connectivity index (χ1n) is 9.97. The standard InChI is InChI=1S/C22H26F2N2O4/c23-22(24)30-17-9-7-16(8-10-17)20(28)19(21(29)26-13-3-4-14-26)25-12-11-15-5-1-2-6-18(15)27/h1-2,5-10,19-20,22,25,27-28H,3-4,11-14H2/t19-,20+/m0/s1. The van der Waals surface area contributed by atoms with Crippen LogP contribution in [0.2, 0.25) is 0 Å². The lowest BCUT2D eigenvalue weighted by Crippen LogP contribution is -2.49. The van der Waals surface area contributed by atoms with Gasteiger partial charge in [0.05, 0.1) is 0 Å². The Hall–Kier alpha value is -2.71. The van der Waals surface area contributed by atoms with E-state index in [9.17, 15) is 23.8 Å². The molecule has 0 bridgehead atoms. The number of hydrogen-bond donors (Lipinski definition) is 3. The van der Waals surface area contributed by atoms with Crippen molar-refractivity contribution in [3.63, 3.8) is 0 Å². The van der Waals surface area contributed by atoms with Gasteiger partial charge in [-0.15, -0.1) is 0 Å². The predicted octanol–water partition coefficient (Wildman–Crippen LogP) is 2.85. The molecule has 0 aromatic heterocycles. The summed E-state index contributed by atoms with van der Waals surface area (Å²) < 4.78 is 29.0. The highest BCUT2D eigenvalue weighted by Gasteiger charge is 2.32. The Labute approximate surface area is 174 Å². The summed E-state index contributed by atoms with van der Waals surface area (Å²) in [5.41, 5.74) is 1.16. The lowest BCUT2D eigenvalue weighted by atomic mass is 10.0. The summed E-state index contributed by atoms with van der Waals surface area (Å²) in [7, 11) is 0. The molecule has 8 heteroatoms. The van der Waals surface area contributed by atoms with E-state index >= 15 is 0 Å². The molecule has 30 heavy (non-hydrogen) atoms. The number of alkyl halides is 2. The molecule has 1 aliphatic rings. The van der Waals surface area contributed by atoms with E-state index in [1.165, 1.54) is 24.3 Å². The van der Waals surface area contributed by atoms with Crippen LogP contribution < -0.4 is 10.1 Å². The Morgan fingerprint density at radius 3 is 2.40 bits per heavy atom. The molecule has 3 N–H and O–H groups in total. The quantitative estimate of drug-likeness (QED) is 0.581. The van der Waals surface area contributed by atoms with Gasteiger partial charge >= 0.3 is 6.61 Å². The Kier molecular flexibility index (Phi) is 7.59. The second kappa shape index (κ2) is 10.4. The van der Waals surface area contributed by atoms with Crippen LogP contribution in [0.1, 0.15) is 30.1 Å². The van der Waals surface area contributed by atoms with Crippen LogP contribution in [0.25, 0.3) is 0 Å². The van der Waals surface area contributed by atoms with Gasteiger partial charge in [-0.05, 0) is 48.6 Å². The smallest absolute Gasteiger partial charge is 0.387 e. The van der Waals surface area contributed by atoms with Crippen molar-refractivity contribution in [3.05, 3.63) is 59.7 Å². The van der Waals surface area contributed by atoms with Crippen molar-refractivity contribution < 1.29 is 28.5 Å². The number of para-hydroxylation sites is 1. The van der Waals surface area contributed by atoms with Crippen molar-refractivity contribution in [3.8, 4) is 11.5 Å². The molecule has 162 valence electrons. The third-order valence-corrected chi connectivity index (χ3v) is 5.20. The van der Waals surface area contributed by atoms with Crippen molar-refractivity contribution in [2.45, 2.75) is 38.0 Å². The van der Waals surface area contributed by atoms with Crippen molar-refractivity contribution in [1.29, 1.82) is 0 Å². The van der Waals surface area contributed by atoms with Gasteiger partial charge in [0.25, 0.3) is 0 Å². The number of rotatable bonds is 9. The topological polar surface area (TPSA) is 82.0 Å². The molecule has 0 spiro atoms. The fourth-order valence-corrected chi connectivity index (χ4v) is 3.59. The fourth-order valence-electron chi connectivity index (χ4n) is 3.59. The zero-order chi connectivity index (χ0) is 21.5. The van der Waals surface area contributed by atoms with E-state index in [2.05, 4.69) is 10.1 Å². The van der Waals surface area contributed by atoms with Crippen molar-refractivity contribution >= 4 is 5.91 Å². The minimum atomic E-state index is -2.93. The van der Waals surface area contributed by atoms with Crippen LogP contribution >= 0.6 is 0 Å². The van der Waals surface area contributed by atoms with Crippen LogP contribution in [0, 0.1) is 0 Å². The van der Waals surface area contributed by atoms with Gasteiger partial charge < -0.3 is 25.2 Å². The lowest BCUT2D eigenvalue weighted by Gasteiger charge is -2.28. The van der Waals surface area contributed by atoms with Gasteiger partial charge in [-0.1, -0.05) is 30.3 Å². The molecule has 3 rings (SSSR count). The van der Waals surface area contributed by atoms with Crippen LogP contribution in [-0.4, -0.2) is 53.3 Å². The van der Waals surface area contributed by atoms with Gasteiger partial charge in [0.2, 0.25) is 5.91 Å². The SMILES string of the molecule is O=C([C@@H](NCCc1ccccc1O)[C@H](O)c1ccc(OC(F)F)cc1)N1CCCC1. The first-order valence-corrected chi connectivity index (χ1v) is 9.97. The monoisotopic (exact) mass is 420 g/mol. The second-order valence-electron chi connectivity index (χ2n) is 7.24. The number of carbonyl (C=O) groups excluding carboxylic acids is 1. The zero-order valence-corrected chi connectivity index (χ0v) is 16.5. The number of benzene rings is 2. The van der Waals surface area contributed by atoms with Gasteiger partial charge in [-0.2, -0.15) is 8.78 Å². The Bertz CT molecular complexity index is 826. The van der Waals surface area contributed by atoms with Crippen LogP contribution in [0.5, 0.6) is 11.5 Å². The first kappa shape index (κ1) is 22.0. The van der Waals surface area contributed by atoms with Crippen LogP contribution in [0.3, 0.4) is 0 Å². The van der Waals surface area contributed by atoms with Gasteiger partial charge in [-0.3, -0.25) is 4.79 Å². The minimum absolute atomic E-state index is 0.0177. The molecule has 1 fully saturated rings. The number of likely N-dealkylation sites (tertiary alicyclic amines) is 1. The number of aliphatic hydroxyl groups is 1. The Morgan fingerprint density at radius 1 is 1.10 bits per heavy atom. The maximum Gasteiger partial charge on any atom is 0.387 e. The number of hydrogen-bond acceptors (Lipinski definition) is 5. The van der Waals surface area contributed by atoms with Crippen molar-refractivity contribution in [1.82, 2.24) is 10.2 Å². The summed E-state index contributed by atoms with van der Waals surface area (Å²) in [6, 6.07) is 11.7. The molecule has 0 saturated carbocycles. The number of phenols is 1. The molecule has 0 radical (unpaired) electrons. The molecule has 2 aromatic rings. The molecule has 2 aromatic carbocycles. The molecule has 1 aliphatic heterocycles. The number of nitrogens with one attached hydrogen (secondary N) is 1. The highest BCUT2D eigenvalue weighted by molar-refractivity contribution is 5.83. The molecule has 2 atom stereocenters. The number of amides is 1. The van der Waals surface area contributed by atoms with Crippen molar-refractivity contribution in [2.75, 3.05) is 19.6 Å². The zero-order valence-electron chi connectivity index (χ0n) is 16.5. The third-order valence-electron chi connectivity index (χ3n) is 5.20. The predicted molar refractivity (Wildman–Crippen MR) is 107 cm³/mol. The summed E-state index contributed by atoms with van der Waals surface area (Å²) >= 11 is 0. The highest BCUT2D eigenvalue weighted by atomic mass is 19.3. The molecule has 1 heterocycles. The van der Waals surface area contributed by atoms with E-state index < -0.39 is 18.8 Å².